The molecule has 0 bridgehead atoms. The molecule has 3 N–H and O–H groups in total. The number of hydrogen-bond donors (Lipinski definition) is 2. The number of amidine groups is 1. The molecule has 0 aromatic rings. The summed E-state index contributed by atoms with van der Waals surface area (Å²) in [4.78, 5) is 0. The predicted octanol–water partition coefficient (Wildman–Crippen LogP) is 3.96. The molecule has 1 rings (SSSR count). The standard InChI is InChI=1S/C16H32N2O/c1-12-7-8-14(11-13(12)2)19-10-6-5-9-16(3,4)15(17)18/h12-14H,5-11H2,1-4H3,(H3,17,18). The van der Waals surface area contributed by atoms with Crippen molar-refractivity contribution in [3.63, 3.8) is 0 Å². The van der Waals surface area contributed by atoms with Gasteiger partial charge in [0.1, 0.15) is 0 Å². The highest BCUT2D eigenvalue weighted by Gasteiger charge is 2.25. The van der Waals surface area contributed by atoms with Crippen molar-refractivity contribution in [3.05, 3.63) is 0 Å². The average molecular weight is 268 g/mol. The van der Waals surface area contributed by atoms with Gasteiger partial charge in [-0.3, -0.25) is 5.41 Å². The lowest BCUT2D eigenvalue weighted by atomic mass is 9.80. The van der Waals surface area contributed by atoms with Crippen LogP contribution in [0.4, 0.5) is 0 Å². The summed E-state index contributed by atoms with van der Waals surface area (Å²) in [7, 11) is 0. The summed E-state index contributed by atoms with van der Waals surface area (Å²) in [6.45, 7) is 9.64. The van der Waals surface area contributed by atoms with E-state index in [2.05, 4.69) is 13.8 Å². The zero-order chi connectivity index (χ0) is 14.5. The maximum absolute atomic E-state index is 7.53. The third-order valence-electron chi connectivity index (χ3n) is 4.83. The highest BCUT2D eigenvalue weighted by molar-refractivity contribution is 5.82. The summed E-state index contributed by atoms with van der Waals surface area (Å²) in [6.07, 6.45) is 7.38. The van der Waals surface area contributed by atoms with Gasteiger partial charge in [-0.25, -0.2) is 0 Å². The van der Waals surface area contributed by atoms with Gasteiger partial charge in [0, 0.05) is 12.0 Å². The maximum Gasteiger partial charge on any atom is 0.0963 e. The topological polar surface area (TPSA) is 59.1 Å². The molecule has 0 amide bonds. The van der Waals surface area contributed by atoms with Gasteiger partial charge in [-0.15, -0.1) is 0 Å². The van der Waals surface area contributed by atoms with E-state index in [4.69, 9.17) is 15.9 Å². The van der Waals surface area contributed by atoms with Crippen molar-refractivity contribution in [2.45, 2.75) is 72.3 Å². The average Bonchev–Trinajstić information content (AvgIpc) is 2.33. The second-order valence-corrected chi connectivity index (χ2v) is 7.02. The second-order valence-electron chi connectivity index (χ2n) is 7.02. The number of ether oxygens (including phenoxy) is 1. The minimum absolute atomic E-state index is 0.158. The van der Waals surface area contributed by atoms with Crippen molar-refractivity contribution in [3.8, 4) is 0 Å². The molecule has 3 heteroatoms. The molecule has 0 spiro atoms. The number of nitrogens with two attached hydrogens (primary N) is 1. The molecule has 0 heterocycles. The van der Waals surface area contributed by atoms with E-state index in [1.165, 1.54) is 19.3 Å². The van der Waals surface area contributed by atoms with E-state index in [9.17, 15) is 0 Å². The fourth-order valence-electron chi connectivity index (χ4n) is 2.70. The molecule has 0 radical (unpaired) electrons. The zero-order valence-corrected chi connectivity index (χ0v) is 13.2. The summed E-state index contributed by atoms with van der Waals surface area (Å²) < 4.78 is 5.99. The molecule has 0 saturated heterocycles. The Labute approximate surface area is 118 Å². The first kappa shape index (κ1) is 16.5. The van der Waals surface area contributed by atoms with E-state index in [1.54, 1.807) is 0 Å². The summed E-state index contributed by atoms with van der Waals surface area (Å²) in [5.41, 5.74) is 5.42. The normalized spacial score (nSPS) is 28.3. The lowest BCUT2D eigenvalue weighted by molar-refractivity contribution is 0.000665. The molecule has 0 aromatic carbocycles. The van der Waals surface area contributed by atoms with Crippen LogP contribution in [-0.2, 0) is 4.74 Å². The van der Waals surface area contributed by atoms with E-state index in [-0.39, 0.29) is 5.41 Å². The fourth-order valence-corrected chi connectivity index (χ4v) is 2.70. The van der Waals surface area contributed by atoms with Gasteiger partial charge in [0.25, 0.3) is 0 Å². The van der Waals surface area contributed by atoms with Crippen LogP contribution in [0.1, 0.15) is 66.2 Å². The summed E-state index contributed by atoms with van der Waals surface area (Å²) in [5.74, 6) is 1.95. The van der Waals surface area contributed by atoms with Gasteiger partial charge in [0.15, 0.2) is 0 Å². The van der Waals surface area contributed by atoms with Gasteiger partial charge >= 0.3 is 0 Å². The first-order valence-corrected chi connectivity index (χ1v) is 7.79. The van der Waals surface area contributed by atoms with Crippen molar-refractivity contribution in [1.82, 2.24) is 0 Å². The molecule has 19 heavy (non-hydrogen) atoms. The Bertz CT molecular complexity index is 288. The molecule has 0 aliphatic heterocycles. The number of hydrogen-bond acceptors (Lipinski definition) is 2. The van der Waals surface area contributed by atoms with Gasteiger partial charge in [0.05, 0.1) is 11.9 Å². The molecule has 3 nitrogen and oxygen atoms in total. The van der Waals surface area contributed by atoms with E-state index in [1.807, 2.05) is 13.8 Å². The minimum atomic E-state index is -0.158. The molecule has 1 fully saturated rings. The van der Waals surface area contributed by atoms with Crippen LogP contribution >= 0.6 is 0 Å². The molecular weight excluding hydrogens is 236 g/mol. The third kappa shape index (κ3) is 5.52. The first-order valence-electron chi connectivity index (χ1n) is 7.79. The van der Waals surface area contributed by atoms with E-state index in [0.29, 0.717) is 11.9 Å². The Balaban J connectivity index is 2.10. The SMILES string of the molecule is CC1CCC(OCCCCC(C)(C)C(=N)N)CC1C. The Morgan fingerprint density at radius 1 is 1.21 bits per heavy atom. The van der Waals surface area contributed by atoms with Crippen molar-refractivity contribution < 1.29 is 4.74 Å². The largest absolute Gasteiger partial charge is 0.387 e. The van der Waals surface area contributed by atoms with Gasteiger partial charge in [-0.2, -0.15) is 0 Å². The van der Waals surface area contributed by atoms with Crippen LogP contribution in [0.25, 0.3) is 0 Å². The van der Waals surface area contributed by atoms with Crippen molar-refractivity contribution in [2.24, 2.45) is 23.0 Å². The summed E-state index contributed by atoms with van der Waals surface area (Å²) in [6, 6.07) is 0. The Morgan fingerprint density at radius 3 is 2.47 bits per heavy atom. The molecule has 1 aliphatic carbocycles. The third-order valence-corrected chi connectivity index (χ3v) is 4.83. The second kappa shape index (κ2) is 7.28. The quantitative estimate of drug-likeness (QED) is 0.417. The van der Waals surface area contributed by atoms with E-state index in [0.717, 1.165) is 37.7 Å². The van der Waals surface area contributed by atoms with Crippen molar-refractivity contribution in [1.29, 1.82) is 5.41 Å². The molecule has 0 aromatic heterocycles. The summed E-state index contributed by atoms with van der Waals surface area (Å²) >= 11 is 0. The first-order chi connectivity index (χ1) is 8.83. The van der Waals surface area contributed by atoms with Crippen LogP contribution in [0.2, 0.25) is 0 Å². The number of nitrogens with one attached hydrogen (secondary N) is 1. The van der Waals surface area contributed by atoms with Gasteiger partial charge in [0.2, 0.25) is 0 Å². The fraction of sp³-hybridized carbons (Fsp3) is 0.938. The van der Waals surface area contributed by atoms with Crippen molar-refractivity contribution in [2.75, 3.05) is 6.61 Å². The molecule has 3 atom stereocenters. The van der Waals surface area contributed by atoms with Crippen LogP contribution in [-0.4, -0.2) is 18.5 Å². The van der Waals surface area contributed by atoms with Gasteiger partial charge in [-0.05, 0) is 43.9 Å². The van der Waals surface area contributed by atoms with Crippen LogP contribution in [0, 0.1) is 22.7 Å². The number of rotatable bonds is 7. The Hall–Kier alpha value is -0.570. The van der Waals surface area contributed by atoms with Crippen LogP contribution < -0.4 is 5.73 Å². The van der Waals surface area contributed by atoms with Crippen LogP contribution in [0.3, 0.4) is 0 Å². The molecule has 3 unspecified atom stereocenters. The lowest BCUT2D eigenvalue weighted by Gasteiger charge is -2.32. The highest BCUT2D eigenvalue weighted by atomic mass is 16.5. The van der Waals surface area contributed by atoms with Gasteiger partial charge < -0.3 is 10.5 Å². The Morgan fingerprint density at radius 2 is 1.89 bits per heavy atom. The minimum Gasteiger partial charge on any atom is -0.387 e. The van der Waals surface area contributed by atoms with E-state index < -0.39 is 0 Å². The van der Waals surface area contributed by atoms with Crippen molar-refractivity contribution >= 4 is 5.84 Å². The van der Waals surface area contributed by atoms with Crippen LogP contribution in [0.15, 0.2) is 0 Å². The molecule has 1 aliphatic rings. The highest BCUT2D eigenvalue weighted by Crippen LogP contribution is 2.31. The molecular formula is C16H32N2O. The predicted molar refractivity (Wildman–Crippen MR) is 81.5 cm³/mol. The Kier molecular flexibility index (Phi) is 6.31. The molecule has 112 valence electrons. The summed E-state index contributed by atoms with van der Waals surface area (Å²) in [5, 5.41) is 7.53. The molecule has 1 saturated carbocycles. The number of unbranched alkanes of at least 4 members (excludes halogenated alkanes) is 1. The van der Waals surface area contributed by atoms with E-state index >= 15 is 0 Å². The van der Waals surface area contributed by atoms with Crippen LogP contribution in [0.5, 0.6) is 0 Å². The monoisotopic (exact) mass is 268 g/mol. The maximum atomic E-state index is 7.53. The van der Waals surface area contributed by atoms with Gasteiger partial charge in [-0.1, -0.05) is 34.1 Å². The zero-order valence-electron chi connectivity index (χ0n) is 13.2. The lowest BCUT2D eigenvalue weighted by Crippen LogP contribution is -2.30. The smallest absolute Gasteiger partial charge is 0.0963 e.